The first kappa shape index (κ1) is 17.5. The molecule has 1 spiro atoms. The topological polar surface area (TPSA) is 52.7 Å². The van der Waals surface area contributed by atoms with Gasteiger partial charge in [0.15, 0.2) is 0 Å². The number of nitrogens with one attached hydrogen (secondary N) is 1. The van der Waals surface area contributed by atoms with Gasteiger partial charge in [-0.1, -0.05) is 23.7 Å². The highest BCUT2D eigenvalue weighted by Crippen LogP contribution is 2.50. The van der Waals surface area contributed by atoms with Crippen molar-refractivity contribution >= 4 is 23.4 Å². The Labute approximate surface area is 165 Å². The number of amides is 2. The highest BCUT2D eigenvalue weighted by Gasteiger charge is 2.58. The number of benzene rings is 1. The second-order valence-electron chi connectivity index (χ2n) is 8.89. The molecule has 1 aromatic rings. The molecule has 2 unspecified atom stereocenters. The average Bonchev–Trinajstić information content (AvgIpc) is 2.98. The minimum absolute atomic E-state index is 0.0568. The average molecular weight is 388 g/mol. The monoisotopic (exact) mass is 387 g/mol. The maximum absolute atomic E-state index is 12.8. The normalized spacial score (nSPS) is 31.4. The lowest BCUT2D eigenvalue weighted by Gasteiger charge is -2.39. The molecule has 0 aromatic heterocycles. The van der Waals surface area contributed by atoms with E-state index < -0.39 is 0 Å². The zero-order valence-corrected chi connectivity index (χ0v) is 16.3. The number of hydrogen-bond donors (Lipinski definition) is 1. The number of hydrogen-bond acceptors (Lipinski definition) is 3. The number of carbonyl (C=O) groups is 2. The Hall–Kier alpha value is -1.59. The molecule has 3 heterocycles. The molecule has 4 fully saturated rings. The number of nitrogens with zero attached hydrogens (tertiary/aromatic N) is 2. The Kier molecular flexibility index (Phi) is 4.21. The third-order valence-corrected chi connectivity index (χ3v) is 7.46. The summed E-state index contributed by atoms with van der Waals surface area (Å²) in [7, 11) is 0. The molecule has 1 N–H and O–H groups in total. The number of likely N-dealkylation sites (tertiary alicyclic amines) is 2. The maximum atomic E-state index is 12.8. The first-order chi connectivity index (χ1) is 13.0. The van der Waals surface area contributed by atoms with Crippen molar-refractivity contribution in [2.75, 3.05) is 32.7 Å². The molecule has 144 valence electrons. The van der Waals surface area contributed by atoms with Crippen molar-refractivity contribution in [2.24, 2.45) is 23.2 Å². The smallest absolute Gasteiger partial charge is 0.226 e. The fourth-order valence-corrected chi connectivity index (χ4v) is 5.59. The molecule has 3 aliphatic heterocycles. The van der Waals surface area contributed by atoms with E-state index in [1.165, 1.54) is 0 Å². The van der Waals surface area contributed by atoms with Gasteiger partial charge in [0.25, 0.3) is 0 Å². The zero-order chi connectivity index (χ0) is 18.6. The minimum Gasteiger partial charge on any atom is -0.342 e. The Bertz CT molecular complexity index is 747. The molecule has 3 saturated heterocycles. The molecule has 2 amide bonds. The first-order valence-corrected chi connectivity index (χ1v) is 10.4. The van der Waals surface area contributed by atoms with Crippen molar-refractivity contribution in [2.45, 2.75) is 25.8 Å². The van der Waals surface area contributed by atoms with E-state index in [1.807, 2.05) is 29.2 Å². The molecule has 1 aliphatic carbocycles. The van der Waals surface area contributed by atoms with E-state index in [-0.39, 0.29) is 17.2 Å². The fourth-order valence-electron chi connectivity index (χ4n) is 5.47. The summed E-state index contributed by atoms with van der Waals surface area (Å²) in [6.45, 7) is 5.10. The van der Waals surface area contributed by atoms with Crippen LogP contribution in [0.15, 0.2) is 24.3 Å². The van der Waals surface area contributed by atoms with Crippen molar-refractivity contribution in [3.63, 3.8) is 0 Å². The standard InChI is InChI=1S/C21H26ClN3O2/c22-15-3-1-14(2-4-15)12-25-13-21(9-18(25)26)5-7-24(8-6-21)20(27)19-16-10-23-11-17(16)19/h1-4,16-17,19,23H,5-13H2. The molecule has 5 rings (SSSR count). The summed E-state index contributed by atoms with van der Waals surface area (Å²) in [5.74, 6) is 2.04. The number of carbonyl (C=O) groups excluding carboxylic acids is 2. The van der Waals surface area contributed by atoms with Crippen LogP contribution < -0.4 is 5.32 Å². The number of rotatable bonds is 3. The van der Waals surface area contributed by atoms with Crippen molar-refractivity contribution in [3.8, 4) is 0 Å². The van der Waals surface area contributed by atoms with Crippen LogP contribution in [0.2, 0.25) is 5.02 Å². The molecule has 5 nitrogen and oxygen atoms in total. The molecular weight excluding hydrogens is 362 g/mol. The van der Waals surface area contributed by atoms with Crippen LogP contribution in [0.5, 0.6) is 0 Å². The van der Waals surface area contributed by atoms with Gasteiger partial charge >= 0.3 is 0 Å². The van der Waals surface area contributed by atoms with Gasteiger partial charge < -0.3 is 15.1 Å². The van der Waals surface area contributed by atoms with Gasteiger partial charge in [-0.15, -0.1) is 0 Å². The summed E-state index contributed by atoms with van der Waals surface area (Å²) in [6.07, 6.45) is 2.52. The van der Waals surface area contributed by atoms with Gasteiger partial charge in [-0.3, -0.25) is 9.59 Å². The molecule has 1 aromatic carbocycles. The number of halogens is 1. The van der Waals surface area contributed by atoms with E-state index in [0.29, 0.717) is 30.7 Å². The van der Waals surface area contributed by atoms with Gasteiger partial charge in [-0.05, 0) is 55.5 Å². The van der Waals surface area contributed by atoms with Crippen LogP contribution in [0.1, 0.15) is 24.8 Å². The number of piperidine rings is 2. The van der Waals surface area contributed by atoms with Crippen LogP contribution in [0.25, 0.3) is 0 Å². The highest BCUT2D eigenvalue weighted by molar-refractivity contribution is 6.30. The van der Waals surface area contributed by atoms with Crippen molar-refractivity contribution < 1.29 is 9.59 Å². The van der Waals surface area contributed by atoms with E-state index in [4.69, 9.17) is 11.6 Å². The largest absolute Gasteiger partial charge is 0.342 e. The molecule has 4 aliphatic rings. The van der Waals surface area contributed by atoms with Gasteiger partial charge in [0.05, 0.1) is 0 Å². The summed E-state index contributed by atoms with van der Waals surface area (Å²) in [4.78, 5) is 29.4. The Morgan fingerprint density at radius 3 is 2.48 bits per heavy atom. The molecule has 2 atom stereocenters. The lowest BCUT2D eigenvalue weighted by Crippen LogP contribution is -2.45. The molecular formula is C21H26ClN3O2. The van der Waals surface area contributed by atoms with E-state index in [1.54, 1.807) is 0 Å². The Morgan fingerprint density at radius 2 is 1.81 bits per heavy atom. The van der Waals surface area contributed by atoms with Gasteiger partial charge in [0, 0.05) is 49.0 Å². The zero-order valence-electron chi connectivity index (χ0n) is 15.5. The Balaban J connectivity index is 1.18. The first-order valence-electron chi connectivity index (χ1n) is 10.1. The summed E-state index contributed by atoms with van der Waals surface area (Å²) in [5.41, 5.74) is 1.17. The predicted molar refractivity (Wildman–Crippen MR) is 103 cm³/mol. The van der Waals surface area contributed by atoms with Crippen LogP contribution >= 0.6 is 11.6 Å². The highest BCUT2D eigenvalue weighted by atomic mass is 35.5. The van der Waals surface area contributed by atoms with E-state index in [0.717, 1.165) is 56.2 Å². The van der Waals surface area contributed by atoms with E-state index in [9.17, 15) is 9.59 Å². The summed E-state index contributed by atoms with van der Waals surface area (Å²) in [5, 5.41) is 4.08. The van der Waals surface area contributed by atoms with Crippen LogP contribution in [0.3, 0.4) is 0 Å². The van der Waals surface area contributed by atoms with E-state index in [2.05, 4.69) is 10.2 Å². The van der Waals surface area contributed by atoms with Crippen LogP contribution in [-0.4, -0.2) is 54.3 Å². The molecule has 27 heavy (non-hydrogen) atoms. The summed E-state index contributed by atoms with van der Waals surface area (Å²) >= 11 is 5.95. The number of fused-ring (bicyclic) bond motifs is 1. The summed E-state index contributed by atoms with van der Waals surface area (Å²) in [6, 6.07) is 7.73. The second kappa shape index (κ2) is 6.49. The van der Waals surface area contributed by atoms with Gasteiger partial charge in [-0.2, -0.15) is 0 Å². The SMILES string of the molecule is O=C1CC2(CCN(C(=O)C3C4CNCC43)CC2)CN1Cc1ccc(Cl)cc1. The van der Waals surface area contributed by atoms with Gasteiger partial charge in [0.2, 0.25) is 11.8 Å². The van der Waals surface area contributed by atoms with Gasteiger partial charge in [-0.25, -0.2) is 0 Å². The lowest BCUT2D eigenvalue weighted by molar-refractivity contribution is -0.135. The molecule has 1 saturated carbocycles. The summed E-state index contributed by atoms with van der Waals surface area (Å²) < 4.78 is 0. The third kappa shape index (κ3) is 3.15. The van der Waals surface area contributed by atoms with Crippen LogP contribution in [0, 0.1) is 23.2 Å². The predicted octanol–water partition coefficient (Wildman–Crippen LogP) is 2.15. The lowest BCUT2D eigenvalue weighted by atomic mass is 9.77. The van der Waals surface area contributed by atoms with Crippen LogP contribution in [0.4, 0.5) is 0 Å². The minimum atomic E-state index is 0.0568. The van der Waals surface area contributed by atoms with Crippen LogP contribution in [-0.2, 0) is 16.1 Å². The van der Waals surface area contributed by atoms with Gasteiger partial charge in [0.1, 0.15) is 0 Å². The van der Waals surface area contributed by atoms with Crippen molar-refractivity contribution in [1.29, 1.82) is 0 Å². The Morgan fingerprint density at radius 1 is 1.15 bits per heavy atom. The second-order valence-corrected chi connectivity index (χ2v) is 9.33. The van der Waals surface area contributed by atoms with Crippen molar-refractivity contribution in [1.82, 2.24) is 15.1 Å². The maximum Gasteiger partial charge on any atom is 0.226 e. The van der Waals surface area contributed by atoms with E-state index >= 15 is 0 Å². The molecule has 6 heteroatoms. The molecule has 0 bridgehead atoms. The fraction of sp³-hybridized carbons (Fsp3) is 0.619. The van der Waals surface area contributed by atoms with Crippen molar-refractivity contribution in [3.05, 3.63) is 34.9 Å². The quantitative estimate of drug-likeness (QED) is 0.864. The third-order valence-electron chi connectivity index (χ3n) is 7.20. The molecule has 0 radical (unpaired) electrons.